The molecule has 0 aromatic carbocycles. The van der Waals surface area contributed by atoms with Crippen molar-refractivity contribution in [2.45, 2.75) is 45.3 Å². The SMILES string of the molecule is CCC1C(N)C(C(=O)OC)CN1C(C)C. The summed E-state index contributed by atoms with van der Waals surface area (Å²) in [6, 6.07) is 0.634. The molecule has 0 saturated carbocycles. The second kappa shape index (κ2) is 4.94. The fourth-order valence-corrected chi connectivity index (χ4v) is 2.46. The minimum Gasteiger partial charge on any atom is -0.469 e. The number of likely N-dealkylation sites (tertiary alicyclic amines) is 1. The van der Waals surface area contributed by atoms with Crippen LogP contribution in [0.15, 0.2) is 0 Å². The highest BCUT2D eigenvalue weighted by atomic mass is 16.5. The Labute approximate surface area is 91.8 Å². The summed E-state index contributed by atoms with van der Waals surface area (Å²) < 4.78 is 4.78. The second-order valence-corrected chi connectivity index (χ2v) is 4.47. The summed E-state index contributed by atoms with van der Waals surface area (Å²) in [5.74, 6) is -0.341. The summed E-state index contributed by atoms with van der Waals surface area (Å²) in [6.45, 7) is 7.10. The first-order valence-electron chi connectivity index (χ1n) is 5.62. The minimum absolute atomic E-state index is 0.0927. The van der Waals surface area contributed by atoms with Crippen LogP contribution in [0, 0.1) is 5.92 Å². The van der Waals surface area contributed by atoms with Gasteiger partial charge in [-0.1, -0.05) is 6.92 Å². The van der Waals surface area contributed by atoms with Crippen LogP contribution in [-0.2, 0) is 9.53 Å². The van der Waals surface area contributed by atoms with Crippen molar-refractivity contribution >= 4 is 5.97 Å². The van der Waals surface area contributed by atoms with Gasteiger partial charge in [-0.05, 0) is 20.3 Å². The molecular weight excluding hydrogens is 192 g/mol. The topological polar surface area (TPSA) is 55.6 Å². The van der Waals surface area contributed by atoms with Crippen molar-refractivity contribution in [2.24, 2.45) is 11.7 Å². The summed E-state index contributed by atoms with van der Waals surface area (Å²) in [5, 5.41) is 0. The number of ether oxygens (including phenoxy) is 1. The Bertz CT molecular complexity index is 231. The van der Waals surface area contributed by atoms with Crippen LogP contribution in [0.25, 0.3) is 0 Å². The number of nitrogens with zero attached hydrogens (tertiary/aromatic N) is 1. The number of carbonyl (C=O) groups is 1. The highest BCUT2D eigenvalue weighted by Gasteiger charge is 2.43. The van der Waals surface area contributed by atoms with Crippen molar-refractivity contribution in [3.8, 4) is 0 Å². The van der Waals surface area contributed by atoms with Crippen LogP contribution in [0.5, 0.6) is 0 Å². The predicted molar refractivity (Wildman–Crippen MR) is 59.4 cm³/mol. The van der Waals surface area contributed by atoms with Crippen LogP contribution in [0.3, 0.4) is 0 Å². The van der Waals surface area contributed by atoms with Crippen molar-refractivity contribution in [3.05, 3.63) is 0 Å². The first kappa shape index (κ1) is 12.5. The van der Waals surface area contributed by atoms with Gasteiger partial charge in [0.25, 0.3) is 0 Å². The third kappa shape index (κ3) is 2.32. The molecule has 0 bridgehead atoms. The van der Waals surface area contributed by atoms with Gasteiger partial charge in [0.15, 0.2) is 0 Å². The van der Waals surface area contributed by atoms with Crippen LogP contribution in [-0.4, -0.2) is 42.6 Å². The molecule has 1 rings (SSSR count). The summed E-state index contributed by atoms with van der Waals surface area (Å²) in [7, 11) is 1.42. The average molecular weight is 214 g/mol. The predicted octanol–water partition coefficient (Wildman–Crippen LogP) is 0.606. The molecular formula is C11H22N2O2. The van der Waals surface area contributed by atoms with Crippen LogP contribution in [0.1, 0.15) is 27.2 Å². The van der Waals surface area contributed by atoms with Gasteiger partial charge < -0.3 is 10.5 Å². The number of esters is 1. The zero-order valence-electron chi connectivity index (χ0n) is 10.1. The molecule has 0 radical (unpaired) electrons. The van der Waals surface area contributed by atoms with E-state index >= 15 is 0 Å². The summed E-state index contributed by atoms with van der Waals surface area (Å²) in [4.78, 5) is 13.8. The zero-order chi connectivity index (χ0) is 11.6. The Hall–Kier alpha value is -0.610. The summed E-state index contributed by atoms with van der Waals surface area (Å²) in [5.41, 5.74) is 6.10. The molecule has 1 aliphatic heterocycles. The van der Waals surface area contributed by atoms with E-state index in [1.165, 1.54) is 7.11 Å². The molecule has 4 heteroatoms. The maximum Gasteiger partial charge on any atom is 0.311 e. The molecule has 1 heterocycles. The van der Waals surface area contributed by atoms with E-state index in [-0.39, 0.29) is 17.9 Å². The van der Waals surface area contributed by atoms with E-state index in [0.717, 1.165) is 13.0 Å². The van der Waals surface area contributed by atoms with Gasteiger partial charge in [-0.25, -0.2) is 0 Å². The first-order valence-corrected chi connectivity index (χ1v) is 5.62. The van der Waals surface area contributed by atoms with Gasteiger partial charge >= 0.3 is 5.97 Å². The van der Waals surface area contributed by atoms with Crippen LogP contribution in [0.4, 0.5) is 0 Å². The van der Waals surface area contributed by atoms with Crippen LogP contribution < -0.4 is 5.73 Å². The van der Waals surface area contributed by atoms with Gasteiger partial charge in [0, 0.05) is 24.7 Å². The molecule has 3 unspecified atom stereocenters. The standard InChI is InChI=1S/C11H22N2O2/c1-5-9-10(12)8(11(14)15-4)6-13(9)7(2)3/h7-10H,5-6,12H2,1-4H3. The van der Waals surface area contributed by atoms with Crippen molar-refractivity contribution < 1.29 is 9.53 Å². The Kier molecular flexibility index (Phi) is 4.11. The van der Waals surface area contributed by atoms with Crippen LogP contribution >= 0.6 is 0 Å². The van der Waals surface area contributed by atoms with E-state index in [2.05, 4.69) is 25.7 Å². The molecule has 0 aromatic rings. The Balaban J connectivity index is 2.77. The molecule has 0 aliphatic carbocycles. The third-order valence-electron chi connectivity index (χ3n) is 3.33. The highest BCUT2D eigenvalue weighted by Crippen LogP contribution is 2.27. The summed E-state index contributed by atoms with van der Waals surface area (Å²) >= 11 is 0. The number of hydrogen-bond donors (Lipinski definition) is 1. The van der Waals surface area contributed by atoms with Gasteiger partial charge in [0.2, 0.25) is 0 Å². The van der Waals surface area contributed by atoms with Crippen molar-refractivity contribution in [1.29, 1.82) is 0 Å². The van der Waals surface area contributed by atoms with E-state index in [1.807, 2.05) is 0 Å². The molecule has 1 fully saturated rings. The van der Waals surface area contributed by atoms with Gasteiger partial charge in [0.1, 0.15) is 0 Å². The van der Waals surface area contributed by atoms with E-state index < -0.39 is 0 Å². The maximum atomic E-state index is 11.5. The molecule has 0 spiro atoms. The summed E-state index contributed by atoms with van der Waals surface area (Å²) in [6.07, 6.45) is 0.979. The Morgan fingerprint density at radius 3 is 2.53 bits per heavy atom. The van der Waals surface area contributed by atoms with Crippen molar-refractivity contribution in [3.63, 3.8) is 0 Å². The molecule has 0 amide bonds. The molecule has 4 nitrogen and oxygen atoms in total. The molecule has 3 atom stereocenters. The molecule has 0 aromatic heterocycles. The van der Waals surface area contributed by atoms with E-state index in [4.69, 9.17) is 10.5 Å². The van der Waals surface area contributed by atoms with E-state index in [0.29, 0.717) is 12.1 Å². The molecule has 88 valence electrons. The zero-order valence-corrected chi connectivity index (χ0v) is 10.1. The number of rotatable bonds is 3. The molecule has 1 aliphatic rings. The van der Waals surface area contributed by atoms with Gasteiger partial charge in [-0.2, -0.15) is 0 Å². The van der Waals surface area contributed by atoms with Gasteiger partial charge in [0.05, 0.1) is 13.0 Å². The Morgan fingerprint density at radius 1 is 1.60 bits per heavy atom. The molecule has 15 heavy (non-hydrogen) atoms. The fraction of sp³-hybridized carbons (Fsp3) is 0.909. The fourth-order valence-electron chi connectivity index (χ4n) is 2.46. The number of carbonyl (C=O) groups excluding carboxylic acids is 1. The number of methoxy groups -OCH3 is 1. The van der Waals surface area contributed by atoms with Crippen LogP contribution in [0.2, 0.25) is 0 Å². The maximum absolute atomic E-state index is 11.5. The Morgan fingerprint density at radius 2 is 2.20 bits per heavy atom. The lowest BCUT2D eigenvalue weighted by Crippen LogP contribution is -2.43. The smallest absolute Gasteiger partial charge is 0.311 e. The van der Waals surface area contributed by atoms with E-state index in [9.17, 15) is 4.79 Å². The highest BCUT2D eigenvalue weighted by molar-refractivity contribution is 5.74. The van der Waals surface area contributed by atoms with Crippen molar-refractivity contribution in [2.75, 3.05) is 13.7 Å². The first-order chi connectivity index (χ1) is 7.02. The number of hydrogen-bond acceptors (Lipinski definition) is 4. The third-order valence-corrected chi connectivity index (χ3v) is 3.33. The normalized spacial score (nSPS) is 32.3. The molecule has 1 saturated heterocycles. The second-order valence-electron chi connectivity index (χ2n) is 4.47. The number of nitrogens with two attached hydrogens (primary N) is 1. The monoisotopic (exact) mass is 214 g/mol. The largest absolute Gasteiger partial charge is 0.469 e. The quantitative estimate of drug-likeness (QED) is 0.699. The van der Waals surface area contributed by atoms with Crippen molar-refractivity contribution in [1.82, 2.24) is 4.90 Å². The average Bonchev–Trinajstić information content (AvgIpc) is 2.54. The minimum atomic E-state index is -0.177. The molecule has 2 N–H and O–H groups in total. The van der Waals surface area contributed by atoms with E-state index in [1.54, 1.807) is 0 Å². The lowest BCUT2D eigenvalue weighted by atomic mass is 9.98. The van der Waals surface area contributed by atoms with Gasteiger partial charge in [-0.15, -0.1) is 0 Å². The lowest BCUT2D eigenvalue weighted by Gasteiger charge is -2.28. The lowest BCUT2D eigenvalue weighted by molar-refractivity contribution is -0.145. The van der Waals surface area contributed by atoms with Gasteiger partial charge in [-0.3, -0.25) is 9.69 Å².